The quantitative estimate of drug-likeness (QED) is 0.740. The third-order valence-electron chi connectivity index (χ3n) is 2.88. The number of rotatable bonds is 1. The zero-order chi connectivity index (χ0) is 13.4. The highest BCUT2D eigenvalue weighted by atomic mass is 19.2. The molecule has 1 saturated heterocycles. The van der Waals surface area contributed by atoms with E-state index in [1.54, 1.807) is 0 Å². The lowest BCUT2D eigenvalue weighted by molar-refractivity contribution is 0.0784. The molecule has 1 aliphatic heterocycles. The number of aromatic hydroxyl groups is 1. The van der Waals surface area contributed by atoms with Gasteiger partial charge in [0.15, 0.2) is 17.4 Å². The van der Waals surface area contributed by atoms with Crippen LogP contribution in [0.5, 0.6) is 5.75 Å². The fourth-order valence-electron chi connectivity index (χ4n) is 1.89. The van der Waals surface area contributed by atoms with Crippen molar-refractivity contribution in [3.8, 4) is 5.75 Å². The molecule has 7 heteroatoms. The first-order valence-corrected chi connectivity index (χ1v) is 5.33. The van der Waals surface area contributed by atoms with Gasteiger partial charge in [0.2, 0.25) is 5.82 Å². The maximum absolute atomic E-state index is 13.5. The number of halogens is 3. The first-order chi connectivity index (χ1) is 8.41. The number of hydrogen-bond acceptors (Lipinski definition) is 3. The molecular formula is C11H11F3N2O2. The Morgan fingerprint density at radius 1 is 1.39 bits per heavy atom. The number of benzene rings is 1. The first kappa shape index (κ1) is 12.7. The Bertz CT molecular complexity index is 508. The van der Waals surface area contributed by atoms with Crippen molar-refractivity contribution in [1.29, 1.82) is 0 Å². The Hall–Kier alpha value is -1.76. The van der Waals surface area contributed by atoms with Crippen LogP contribution < -0.4 is 5.73 Å². The number of likely N-dealkylation sites (tertiary alicyclic amines) is 1. The SMILES string of the molecule is NC1CCN(C(=O)c2cc(F)c(F)c(O)c2F)C1. The minimum Gasteiger partial charge on any atom is -0.503 e. The highest BCUT2D eigenvalue weighted by Crippen LogP contribution is 2.27. The summed E-state index contributed by atoms with van der Waals surface area (Å²) < 4.78 is 39.4. The maximum atomic E-state index is 13.5. The van der Waals surface area contributed by atoms with Gasteiger partial charge in [-0.3, -0.25) is 4.79 Å². The van der Waals surface area contributed by atoms with Crippen molar-refractivity contribution >= 4 is 5.91 Å². The Morgan fingerprint density at radius 2 is 2.06 bits per heavy atom. The lowest BCUT2D eigenvalue weighted by atomic mass is 10.1. The average Bonchev–Trinajstić information content (AvgIpc) is 2.77. The van der Waals surface area contributed by atoms with Gasteiger partial charge in [-0.15, -0.1) is 0 Å². The first-order valence-electron chi connectivity index (χ1n) is 5.33. The van der Waals surface area contributed by atoms with Crippen LogP contribution in [0.1, 0.15) is 16.8 Å². The molecule has 1 atom stereocenters. The zero-order valence-corrected chi connectivity index (χ0v) is 9.29. The van der Waals surface area contributed by atoms with Gasteiger partial charge in [0, 0.05) is 19.1 Å². The number of hydrogen-bond donors (Lipinski definition) is 2. The van der Waals surface area contributed by atoms with Gasteiger partial charge in [0.25, 0.3) is 5.91 Å². The summed E-state index contributed by atoms with van der Waals surface area (Å²) in [6.07, 6.45) is 0.559. The minimum absolute atomic E-state index is 0.212. The van der Waals surface area contributed by atoms with Crippen molar-refractivity contribution in [3.63, 3.8) is 0 Å². The molecule has 2 rings (SSSR count). The third-order valence-corrected chi connectivity index (χ3v) is 2.88. The van der Waals surface area contributed by atoms with E-state index in [2.05, 4.69) is 0 Å². The number of nitrogens with zero attached hydrogens (tertiary/aromatic N) is 1. The average molecular weight is 260 g/mol. The lowest BCUT2D eigenvalue weighted by Gasteiger charge is -2.16. The summed E-state index contributed by atoms with van der Waals surface area (Å²) >= 11 is 0. The van der Waals surface area contributed by atoms with Gasteiger partial charge < -0.3 is 15.7 Å². The van der Waals surface area contributed by atoms with Gasteiger partial charge in [-0.1, -0.05) is 0 Å². The molecule has 18 heavy (non-hydrogen) atoms. The van der Waals surface area contributed by atoms with Crippen LogP contribution in [0.4, 0.5) is 13.2 Å². The van der Waals surface area contributed by atoms with Crippen LogP contribution in [-0.2, 0) is 0 Å². The number of carbonyl (C=O) groups is 1. The van der Waals surface area contributed by atoms with E-state index in [4.69, 9.17) is 10.8 Å². The van der Waals surface area contributed by atoms with E-state index >= 15 is 0 Å². The molecule has 1 heterocycles. The summed E-state index contributed by atoms with van der Waals surface area (Å²) in [5, 5.41) is 9.03. The summed E-state index contributed by atoms with van der Waals surface area (Å²) in [6, 6.07) is 0.229. The molecule has 98 valence electrons. The molecule has 1 aromatic carbocycles. The molecule has 1 aromatic rings. The summed E-state index contributed by atoms with van der Waals surface area (Å²) in [6.45, 7) is 0.539. The standard InChI is InChI=1S/C11H11F3N2O2/c12-7-3-6(8(13)10(17)9(7)14)11(18)16-2-1-5(15)4-16/h3,5,17H,1-2,4,15H2. The fourth-order valence-corrected chi connectivity index (χ4v) is 1.89. The van der Waals surface area contributed by atoms with Crippen LogP contribution in [0.15, 0.2) is 6.07 Å². The van der Waals surface area contributed by atoms with E-state index < -0.39 is 34.7 Å². The predicted octanol–water partition coefficient (Wildman–Crippen LogP) is 0.983. The smallest absolute Gasteiger partial charge is 0.257 e. The Labute approximate surface area is 101 Å². The maximum Gasteiger partial charge on any atom is 0.257 e. The molecule has 0 aromatic heterocycles. The number of amides is 1. The monoisotopic (exact) mass is 260 g/mol. The van der Waals surface area contributed by atoms with Crippen LogP contribution in [-0.4, -0.2) is 35.0 Å². The molecule has 1 fully saturated rings. The fraction of sp³-hybridized carbons (Fsp3) is 0.364. The molecule has 1 unspecified atom stereocenters. The van der Waals surface area contributed by atoms with Crippen molar-refractivity contribution in [1.82, 2.24) is 4.90 Å². The second-order valence-electron chi connectivity index (χ2n) is 4.18. The van der Waals surface area contributed by atoms with Gasteiger partial charge >= 0.3 is 0 Å². The summed E-state index contributed by atoms with van der Waals surface area (Å²) in [5.41, 5.74) is 4.90. The highest BCUT2D eigenvalue weighted by Gasteiger charge is 2.29. The number of nitrogens with two attached hydrogens (primary N) is 1. The van der Waals surface area contributed by atoms with Gasteiger partial charge in [-0.2, -0.15) is 4.39 Å². The van der Waals surface area contributed by atoms with E-state index in [-0.39, 0.29) is 12.6 Å². The van der Waals surface area contributed by atoms with E-state index in [9.17, 15) is 18.0 Å². The van der Waals surface area contributed by atoms with Crippen LogP contribution in [0.3, 0.4) is 0 Å². The van der Waals surface area contributed by atoms with Gasteiger partial charge in [-0.25, -0.2) is 8.78 Å². The predicted molar refractivity (Wildman–Crippen MR) is 56.5 cm³/mol. The van der Waals surface area contributed by atoms with Gasteiger partial charge in [-0.05, 0) is 12.5 Å². The number of phenolic OH excluding ortho intramolecular Hbond substituents is 1. The highest BCUT2D eigenvalue weighted by molar-refractivity contribution is 5.95. The number of phenols is 1. The van der Waals surface area contributed by atoms with Crippen LogP contribution in [0, 0.1) is 17.5 Å². The van der Waals surface area contributed by atoms with Crippen molar-refractivity contribution in [2.24, 2.45) is 5.73 Å². The molecule has 0 saturated carbocycles. The van der Waals surface area contributed by atoms with E-state index in [0.29, 0.717) is 19.0 Å². The summed E-state index contributed by atoms with van der Waals surface area (Å²) in [5.74, 6) is -6.93. The van der Waals surface area contributed by atoms with Crippen LogP contribution >= 0.6 is 0 Å². The molecule has 0 spiro atoms. The van der Waals surface area contributed by atoms with Gasteiger partial charge in [0.1, 0.15) is 0 Å². The van der Waals surface area contributed by atoms with E-state index in [0.717, 1.165) is 0 Å². The molecule has 1 aliphatic rings. The van der Waals surface area contributed by atoms with Crippen molar-refractivity contribution in [2.75, 3.05) is 13.1 Å². The minimum atomic E-state index is -1.71. The van der Waals surface area contributed by atoms with E-state index in [1.807, 2.05) is 0 Å². The third kappa shape index (κ3) is 2.01. The van der Waals surface area contributed by atoms with Crippen molar-refractivity contribution < 1.29 is 23.1 Å². The molecule has 1 amide bonds. The van der Waals surface area contributed by atoms with Gasteiger partial charge in [0.05, 0.1) is 5.56 Å². The normalized spacial score (nSPS) is 19.3. The second kappa shape index (κ2) is 4.49. The van der Waals surface area contributed by atoms with Crippen LogP contribution in [0.2, 0.25) is 0 Å². The van der Waals surface area contributed by atoms with Crippen molar-refractivity contribution in [3.05, 3.63) is 29.1 Å². The largest absolute Gasteiger partial charge is 0.503 e. The Morgan fingerprint density at radius 3 is 2.61 bits per heavy atom. The number of carbonyl (C=O) groups excluding carboxylic acids is 1. The summed E-state index contributed by atoms with van der Waals surface area (Å²) in [4.78, 5) is 13.1. The zero-order valence-electron chi connectivity index (χ0n) is 9.29. The molecule has 0 bridgehead atoms. The Balaban J connectivity index is 2.37. The van der Waals surface area contributed by atoms with Crippen LogP contribution in [0.25, 0.3) is 0 Å². The molecule has 0 aliphatic carbocycles. The lowest BCUT2D eigenvalue weighted by Crippen LogP contribution is -2.32. The second-order valence-corrected chi connectivity index (χ2v) is 4.18. The molecule has 3 N–H and O–H groups in total. The molecular weight excluding hydrogens is 249 g/mol. The Kier molecular flexibility index (Phi) is 3.16. The molecule has 4 nitrogen and oxygen atoms in total. The van der Waals surface area contributed by atoms with Crippen molar-refractivity contribution in [2.45, 2.75) is 12.5 Å². The summed E-state index contributed by atoms with van der Waals surface area (Å²) in [7, 11) is 0. The topological polar surface area (TPSA) is 66.6 Å². The molecule has 0 radical (unpaired) electrons. The van der Waals surface area contributed by atoms with E-state index in [1.165, 1.54) is 4.90 Å².